The molecule has 2 atom stereocenters. The standard InChI is InChI=1S/C29H33Cl2N3O5S/c1-5-20(2)32-29(36)21(3)33(18-22-11-12-23(30)17-27(22)31)28(35)19-34(24-9-7-6-8-10-24)40(37,38)26-15-13-25(39-4)14-16-26/h6-17,20-21H,5,18-19H2,1-4H3,(H,32,36)/t20-,21-/m0/s1. The third kappa shape index (κ3) is 7.68. The van der Waals surface area contributed by atoms with Crippen LogP contribution in [0.1, 0.15) is 32.8 Å². The molecule has 0 radical (unpaired) electrons. The first-order valence-electron chi connectivity index (χ1n) is 12.7. The van der Waals surface area contributed by atoms with Gasteiger partial charge < -0.3 is 15.0 Å². The van der Waals surface area contributed by atoms with E-state index in [2.05, 4.69) is 5.32 Å². The third-order valence-corrected chi connectivity index (χ3v) is 8.87. The first-order valence-corrected chi connectivity index (χ1v) is 14.9. The number of para-hydroxylation sites is 1. The van der Waals surface area contributed by atoms with Gasteiger partial charge in [-0.25, -0.2) is 8.42 Å². The molecule has 3 aromatic rings. The Morgan fingerprint density at radius 3 is 2.20 bits per heavy atom. The lowest BCUT2D eigenvalue weighted by Gasteiger charge is -2.32. The first kappa shape index (κ1) is 31.3. The molecule has 8 nitrogen and oxygen atoms in total. The second-order valence-electron chi connectivity index (χ2n) is 9.27. The van der Waals surface area contributed by atoms with Crippen LogP contribution in [0, 0.1) is 0 Å². The van der Waals surface area contributed by atoms with Crippen molar-refractivity contribution in [1.29, 1.82) is 0 Å². The van der Waals surface area contributed by atoms with Gasteiger partial charge in [0, 0.05) is 22.6 Å². The largest absolute Gasteiger partial charge is 0.497 e. The van der Waals surface area contributed by atoms with Crippen LogP contribution in [0.5, 0.6) is 5.75 Å². The second kappa shape index (κ2) is 13.9. The van der Waals surface area contributed by atoms with Gasteiger partial charge >= 0.3 is 0 Å². The second-order valence-corrected chi connectivity index (χ2v) is 12.0. The SMILES string of the molecule is CC[C@H](C)NC(=O)[C@H](C)N(Cc1ccc(Cl)cc1Cl)C(=O)CN(c1ccccc1)S(=O)(=O)c1ccc(OC)cc1. The highest BCUT2D eigenvalue weighted by molar-refractivity contribution is 7.92. The maximum atomic E-state index is 13.9. The van der Waals surface area contributed by atoms with E-state index < -0.39 is 28.5 Å². The van der Waals surface area contributed by atoms with Gasteiger partial charge in [0.2, 0.25) is 11.8 Å². The van der Waals surface area contributed by atoms with Crippen molar-refractivity contribution in [2.24, 2.45) is 0 Å². The lowest BCUT2D eigenvalue weighted by atomic mass is 10.1. The van der Waals surface area contributed by atoms with E-state index in [1.165, 1.54) is 36.3 Å². The van der Waals surface area contributed by atoms with Crippen molar-refractivity contribution >= 4 is 50.7 Å². The van der Waals surface area contributed by atoms with Crippen molar-refractivity contribution in [3.63, 3.8) is 0 Å². The molecule has 3 aromatic carbocycles. The Hall–Kier alpha value is -3.27. The number of benzene rings is 3. The highest BCUT2D eigenvalue weighted by Crippen LogP contribution is 2.27. The van der Waals surface area contributed by atoms with E-state index in [0.29, 0.717) is 33.5 Å². The van der Waals surface area contributed by atoms with E-state index in [1.807, 2.05) is 13.8 Å². The smallest absolute Gasteiger partial charge is 0.264 e. The summed E-state index contributed by atoms with van der Waals surface area (Å²) in [6.45, 7) is 4.82. The summed E-state index contributed by atoms with van der Waals surface area (Å²) in [5.74, 6) is -0.454. The minimum atomic E-state index is -4.18. The quantitative estimate of drug-likeness (QED) is 0.293. The molecule has 40 heavy (non-hydrogen) atoms. The summed E-state index contributed by atoms with van der Waals surface area (Å²) in [7, 11) is -2.69. The van der Waals surface area contributed by atoms with Crippen LogP contribution in [-0.2, 0) is 26.2 Å². The molecular weight excluding hydrogens is 573 g/mol. The fourth-order valence-electron chi connectivity index (χ4n) is 3.88. The zero-order valence-electron chi connectivity index (χ0n) is 22.8. The first-order chi connectivity index (χ1) is 19.0. The summed E-state index contributed by atoms with van der Waals surface area (Å²) in [4.78, 5) is 28.4. The maximum absolute atomic E-state index is 13.9. The molecule has 0 unspecified atom stereocenters. The van der Waals surface area contributed by atoms with Crippen molar-refractivity contribution in [3.8, 4) is 5.75 Å². The Balaban J connectivity index is 2.02. The van der Waals surface area contributed by atoms with Crippen LogP contribution in [0.15, 0.2) is 77.7 Å². The number of rotatable bonds is 12. The van der Waals surface area contributed by atoms with Gasteiger partial charge in [0.25, 0.3) is 10.0 Å². The molecule has 1 N–H and O–H groups in total. The van der Waals surface area contributed by atoms with Crippen LogP contribution in [0.3, 0.4) is 0 Å². The molecule has 0 bridgehead atoms. The summed E-state index contributed by atoms with van der Waals surface area (Å²) in [5, 5.41) is 3.65. The van der Waals surface area contributed by atoms with Crippen LogP contribution in [0.2, 0.25) is 10.0 Å². The minimum absolute atomic E-state index is 0.0141. The number of amides is 2. The van der Waals surface area contributed by atoms with Crippen LogP contribution < -0.4 is 14.4 Å². The fourth-order valence-corrected chi connectivity index (χ4v) is 5.76. The van der Waals surface area contributed by atoms with Gasteiger partial charge in [0.05, 0.1) is 17.7 Å². The Labute approximate surface area is 245 Å². The monoisotopic (exact) mass is 605 g/mol. The topological polar surface area (TPSA) is 96.0 Å². The number of nitrogens with one attached hydrogen (secondary N) is 1. The third-order valence-electron chi connectivity index (χ3n) is 6.49. The molecule has 11 heteroatoms. The van der Waals surface area contributed by atoms with E-state index in [0.717, 1.165) is 4.31 Å². The van der Waals surface area contributed by atoms with E-state index in [9.17, 15) is 18.0 Å². The normalized spacial score (nSPS) is 12.8. The summed E-state index contributed by atoms with van der Waals surface area (Å²) in [6.07, 6.45) is 0.706. The highest BCUT2D eigenvalue weighted by Gasteiger charge is 2.33. The molecule has 2 amide bonds. The van der Waals surface area contributed by atoms with Gasteiger partial charge in [-0.15, -0.1) is 0 Å². The molecule has 0 saturated heterocycles. The number of carbonyl (C=O) groups excluding carboxylic acids is 2. The van der Waals surface area contributed by atoms with E-state index >= 15 is 0 Å². The molecule has 0 saturated carbocycles. The van der Waals surface area contributed by atoms with Gasteiger partial charge in [0.15, 0.2) is 0 Å². The van der Waals surface area contributed by atoms with Crippen LogP contribution in [0.25, 0.3) is 0 Å². The summed E-state index contributed by atoms with van der Waals surface area (Å²) >= 11 is 12.5. The Morgan fingerprint density at radius 1 is 0.975 bits per heavy atom. The van der Waals surface area contributed by atoms with Crippen molar-refractivity contribution in [3.05, 3.63) is 88.4 Å². The van der Waals surface area contributed by atoms with Gasteiger partial charge in [-0.2, -0.15) is 0 Å². The van der Waals surface area contributed by atoms with Crippen molar-refractivity contribution in [2.75, 3.05) is 18.0 Å². The number of methoxy groups -OCH3 is 1. The molecule has 0 aromatic heterocycles. The molecular formula is C29H33Cl2N3O5S. The fraction of sp³-hybridized carbons (Fsp3) is 0.310. The minimum Gasteiger partial charge on any atom is -0.497 e. The summed E-state index contributed by atoms with van der Waals surface area (Å²) in [5.41, 5.74) is 0.861. The number of nitrogens with zero attached hydrogens (tertiary/aromatic N) is 2. The predicted molar refractivity (Wildman–Crippen MR) is 158 cm³/mol. The molecule has 3 rings (SSSR count). The lowest BCUT2D eigenvalue weighted by Crippen LogP contribution is -2.52. The molecule has 214 valence electrons. The maximum Gasteiger partial charge on any atom is 0.264 e. The Kier molecular flexibility index (Phi) is 10.8. The van der Waals surface area contributed by atoms with Gasteiger partial charge in [-0.1, -0.05) is 54.4 Å². The molecule has 0 heterocycles. The average Bonchev–Trinajstić information content (AvgIpc) is 2.95. The summed E-state index contributed by atoms with van der Waals surface area (Å²) < 4.78 is 33.8. The number of hydrogen-bond donors (Lipinski definition) is 1. The van der Waals surface area contributed by atoms with E-state index in [1.54, 1.807) is 55.5 Å². The van der Waals surface area contributed by atoms with Crippen molar-refractivity contribution in [2.45, 2.75) is 50.7 Å². The molecule has 0 aliphatic carbocycles. The van der Waals surface area contributed by atoms with Gasteiger partial charge in [-0.3, -0.25) is 13.9 Å². The number of carbonyl (C=O) groups is 2. The molecule has 0 aliphatic rings. The number of anilines is 1. The summed E-state index contributed by atoms with van der Waals surface area (Å²) in [6, 6.07) is 18.1. The van der Waals surface area contributed by atoms with Crippen molar-refractivity contribution < 1.29 is 22.7 Å². The van der Waals surface area contributed by atoms with E-state index in [4.69, 9.17) is 27.9 Å². The number of ether oxygens (including phenoxy) is 1. The number of sulfonamides is 1. The number of halogens is 2. The Bertz CT molecular complexity index is 1420. The predicted octanol–water partition coefficient (Wildman–Crippen LogP) is 5.53. The van der Waals surface area contributed by atoms with Crippen molar-refractivity contribution in [1.82, 2.24) is 10.2 Å². The zero-order chi connectivity index (χ0) is 29.4. The highest BCUT2D eigenvalue weighted by atomic mass is 35.5. The molecule has 0 aliphatic heterocycles. The van der Waals surface area contributed by atoms with Gasteiger partial charge in [-0.05, 0) is 74.4 Å². The van der Waals surface area contributed by atoms with Gasteiger partial charge in [0.1, 0.15) is 18.3 Å². The van der Waals surface area contributed by atoms with Crippen LogP contribution in [0.4, 0.5) is 5.69 Å². The molecule has 0 fully saturated rings. The Morgan fingerprint density at radius 2 is 1.62 bits per heavy atom. The molecule has 0 spiro atoms. The van der Waals surface area contributed by atoms with E-state index in [-0.39, 0.29) is 23.4 Å². The lowest BCUT2D eigenvalue weighted by molar-refractivity contribution is -0.139. The average molecular weight is 607 g/mol. The van der Waals surface area contributed by atoms with Crippen LogP contribution >= 0.6 is 23.2 Å². The number of hydrogen-bond acceptors (Lipinski definition) is 5. The van der Waals surface area contributed by atoms with Crippen LogP contribution in [-0.4, -0.2) is 50.9 Å². The zero-order valence-corrected chi connectivity index (χ0v) is 25.1.